The lowest BCUT2D eigenvalue weighted by Crippen LogP contribution is -2.28. The predicted molar refractivity (Wildman–Crippen MR) is 128 cm³/mol. The Balaban J connectivity index is 4.33. The molecule has 5 unspecified atom stereocenters. The SMILES string of the molecule is [B]NCC(COP(=O)(O)O)COP(=O)(O)OCC(CNF)COP(=O)(O)OCCOOOOO/C=C/OP(C)(=O)O. The van der Waals surface area contributed by atoms with Crippen molar-refractivity contribution in [2.24, 2.45) is 11.8 Å². The Morgan fingerprint density at radius 2 is 1.29 bits per heavy atom. The highest BCUT2D eigenvalue weighted by molar-refractivity contribution is 7.52. The highest BCUT2D eigenvalue weighted by Crippen LogP contribution is 2.46. The molecule has 0 aliphatic rings. The van der Waals surface area contributed by atoms with E-state index in [2.05, 4.69) is 48.2 Å². The Bertz CT molecular complexity index is 924. The topological polar surface area (TPSA) is 295 Å². The van der Waals surface area contributed by atoms with Gasteiger partial charge in [-0.25, -0.2) is 23.1 Å². The summed E-state index contributed by atoms with van der Waals surface area (Å²) in [5.41, 5.74) is 1.23. The normalized spacial score (nSPS) is 18.3. The van der Waals surface area contributed by atoms with Crippen LogP contribution in [0.3, 0.4) is 0 Å². The second kappa shape index (κ2) is 21.3. The first-order valence-electron chi connectivity index (χ1n) is 10.6. The van der Waals surface area contributed by atoms with Gasteiger partial charge in [-0.15, -0.1) is 4.48 Å². The standard InChI is InChI=1S/C13H30BFN2O20P4/c1-38(18,19)29-4-2-27-35-37-36-28-3-5-30-40(23,24)32-10-13(7-17-15)11-34-41(25,26)33-9-12(6-16-14)8-31-39(20,21)22/h2,4,12-13,16-17H,3,5-11H2,1H3,(H,18,19)(H,23,24)(H,25,26)(H2,20,21,22)/b4-2+. The van der Waals surface area contributed by atoms with Gasteiger partial charge < -0.3 is 39.1 Å². The summed E-state index contributed by atoms with van der Waals surface area (Å²) in [7, 11) is -13.0. The van der Waals surface area contributed by atoms with Crippen molar-refractivity contribution in [1.82, 2.24) is 10.8 Å². The van der Waals surface area contributed by atoms with Gasteiger partial charge in [-0.2, -0.15) is 5.54 Å². The molecule has 0 saturated heterocycles. The molecule has 2 radical (unpaired) electrons. The molecule has 0 spiro atoms. The van der Waals surface area contributed by atoms with Crippen LogP contribution >= 0.6 is 31.1 Å². The summed E-state index contributed by atoms with van der Waals surface area (Å²) >= 11 is 0. The van der Waals surface area contributed by atoms with Crippen molar-refractivity contribution in [3.63, 3.8) is 0 Å². The lowest BCUT2D eigenvalue weighted by atomic mass is 10.1. The van der Waals surface area contributed by atoms with Gasteiger partial charge in [0.2, 0.25) is 0 Å². The summed E-state index contributed by atoms with van der Waals surface area (Å²) in [6.07, 6.45) is 1.33. The van der Waals surface area contributed by atoms with E-state index in [1.54, 1.807) is 0 Å². The average Bonchev–Trinajstić information content (AvgIpc) is 2.85. The van der Waals surface area contributed by atoms with Gasteiger partial charge in [0.1, 0.15) is 12.9 Å². The third-order valence-electron chi connectivity index (χ3n) is 3.60. The smallest absolute Gasteiger partial charge is 0.429 e. The zero-order chi connectivity index (χ0) is 31.4. The summed E-state index contributed by atoms with van der Waals surface area (Å²) in [6.45, 7) is -3.56. The Kier molecular flexibility index (Phi) is 21.1. The molecule has 0 saturated carbocycles. The van der Waals surface area contributed by atoms with E-state index in [1.165, 1.54) is 5.54 Å². The summed E-state index contributed by atoms with van der Waals surface area (Å²) in [6, 6.07) is 0. The lowest BCUT2D eigenvalue weighted by molar-refractivity contribution is -0.700. The van der Waals surface area contributed by atoms with E-state index < -0.39 is 89.1 Å². The minimum Gasteiger partial charge on any atom is -0.429 e. The zero-order valence-electron chi connectivity index (χ0n) is 21.1. The molecule has 22 nitrogen and oxygen atoms in total. The highest BCUT2D eigenvalue weighted by atomic mass is 31.2. The molecular formula is C13H30BFN2O20P4. The maximum Gasteiger partial charge on any atom is 0.472 e. The van der Waals surface area contributed by atoms with Gasteiger partial charge in [0.25, 0.3) is 0 Å². The number of phosphoric ester groups is 3. The summed E-state index contributed by atoms with van der Waals surface area (Å²) in [5.74, 6) is -2.02. The number of phosphoric acid groups is 3. The molecule has 0 aromatic carbocycles. The molecule has 0 aliphatic carbocycles. The molecule has 0 rings (SSSR count). The second-order valence-corrected chi connectivity index (χ2v) is 13.2. The van der Waals surface area contributed by atoms with E-state index in [0.29, 0.717) is 12.5 Å². The van der Waals surface area contributed by atoms with Gasteiger partial charge in [-0.05, 0) is 11.6 Å². The van der Waals surface area contributed by atoms with Crippen molar-refractivity contribution in [3.05, 3.63) is 12.5 Å². The molecule has 0 aliphatic heterocycles. The first kappa shape index (κ1) is 40.6. The molecule has 242 valence electrons. The van der Waals surface area contributed by atoms with Crippen LogP contribution < -0.4 is 10.8 Å². The van der Waals surface area contributed by atoms with E-state index in [1.807, 2.05) is 0 Å². The Morgan fingerprint density at radius 3 is 1.80 bits per heavy atom. The van der Waals surface area contributed by atoms with Crippen LogP contribution in [0.15, 0.2) is 12.5 Å². The average molecular weight is 688 g/mol. The van der Waals surface area contributed by atoms with Crippen molar-refractivity contribution in [3.8, 4) is 0 Å². The maximum absolute atomic E-state index is 12.6. The molecule has 0 aromatic rings. The van der Waals surface area contributed by atoms with Crippen molar-refractivity contribution < 1.29 is 99.2 Å². The quantitative estimate of drug-likeness (QED) is 0.0112. The van der Waals surface area contributed by atoms with E-state index in [9.17, 15) is 32.5 Å². The van der Waals surface area contributed by atoms with Gasteiger partial charge in [-0.3, -0.25) is 22.6 Å². The fraction of sp³-hybridized carbons (Fsp3) is 0.846. The van der Waals surface area contributed by atoms with Crippen LogP contribution in [0.2, 0.25) is 0 Å². The number of rotatable bonds is 27. The van der Waals surface area contributed by atoms with Crippen molar-refractivity contribution in [2.75, 3.05) is 59.4 Å². The van der Waals surface area contributed by atoms with Crippen molar-refractivity contribution >= 4 is 39.0 Å². The van der Waals surface area contributed by atoms with Crippen LogP contribution in [0.1, 0.15) is 0 Å². The minimum atomic E-state index is -4.83. The van der Waals surface area contributed by atoms with Crippen LogP contribution in [0.25, 0.3) is 0 Å². The molecule has 0 heterocycles. The Hall–Kier alpha value is -0.385. The number of hydrogen-bond acceptors (Lipinski definition) is 17. The van der Waals surface area contributed by atoms with E-state index >= 15 is 0 Å². The van der Waals surface area contributed by atoms with Crippen LogP contribution in [0, 0.1) is 11.8 Å². The van der Waals surface area contributed by atoms with Crippen molar-refractivity contribution in [2.45, 2.75) is 0 Å². The first-order valence-corrected chi connectivity index (χ1v) is 17.2. The van der Waals surface area contributed by atoms with Crippen LogP contribution in [0.5, 0.6) is 0 Å². The predicted octanol–water partition coefficient (Wildman–Crippen LogP) is -0.212. The highest BCUT2D eigenvalue weighted by Gasteiger charge is 2.28. The summed E-state index contributed by atoms with van der Waals surface area (Å²) in [5, 5.41) is 13.9. The molecule has 28 heteroatoms. The molecule has 0 aromatic heterocycles. The molecule has 41 heavy (non-hydrogen) atoms. The fourth-order valence-corrected chi connectivity index (χ4v) is 4.27. The van der Waals surface area contributed by atoms with Crippen molar-refractivity contribution in [1.29, 1.82) is 0 Å². The molecule has 0 fully saturated rings. The van der Waals surface area contributed by atoms with E-state index in [4.69, 9.17) is 31.7 Å². The molecule has 7 N–H and O–H groups in total. The summed E-state index contributed by atoms with van der Waals surface area (Å²) < 4.78 is 85.3. The molecule has 0 bridgehead atoms. The van der Waals surface area contributed by atoms with Crippen LogP contribution in [0.4, 0.5) is 4.48 Å². The number of hydrogen-bond donors (Lipinski definition) is 7. The maximum atomic E-state index is 12.6. The molecular weight excluding hydrogens is 658 g/mol. The van der Waals surface area contributed by atoms with Gasteiger partial charge in [0.15, 0.2) is 14.2 Å². The third-order valence-corrected chi connectivity index (χ3v) is 6.54. The van der Waals surface area contributed by atoms with Crippen LogP contribution in [-0.4, -0.2) is 91.8 Å². The fourth-order valence-electron chi connectivity index (χ4n) is 1.93. The lowest BCUT2D eigenvalue weighted by Gasteiger charge is -2.21. The molecule has 5 atom stereocenters. The van der Waals surface area contributed by atoms with E-state index in [0.717, 1.165) is 6.66 Å². The zero-order valence-corrected chi connectivity index (χ0v) is 24.6. The number of nitrogens with one attached hydrogen (secondary N) is 2. The van der Waals surface area contributed by atoms with Gasteiger partial charge in [-0.1, -0.05) is 0 Å². The van der Waals surface area contributed by atoms with Crippen LogP contribution in [-0.2, 0) is 70.3 Å². The van der Waals surface area contributed by atoms with Gasteiger partial charge in [0, 0.05) is 35.1 Å². The van der Waals surface area contributed by atoms with Gasteiger partial charge >= 0.3 is 31.1 Å². The largest absolute Gasteiger partial charge is 0.472 e. The Morgan fingerprint density at radius 1 is 0.756 bits per heavy atom. The monoisotopic (exact) mass is 688 g/mol. The number of halogens is 1. The first-order chi connectivity index (χ1) is 19.0. The Labute approximate surface area is 233 Å². The minimum absolute atomic E-state index is 0.134. The van der Waals surface area contributed by atoms with E-state index in [-0.39, 0.29) is 6.54 Å². The second-order valence-electron chi connectivity index (χ2n) is 7.22. The third kappa shape index (κ3) is 26.9. The molecule has 0 amide bonds. The summed E-state index contributed by atoms with van der Waals surface area (Å²) in [4.78, 5) is 54.2. The van der Waals surface area contributed by atoms with Gasteiger partial charge in [0.05, 0.1) is 33.0 Å².